The van der Waals surface area contributed by atoms with Gasteiger partial charge in [-0.25, -0.2) is 0 Å². The molecule has 0 heterocycles. The highest BCUT2D eigenvalue weighted by molar-refractivity contribution is 6.33. The van der Waals surface area contributed by atoms with E-state index in [-0.39, 0.29) is 12.5 Å². The van der Waals surface area contributed by atoms with Crippen molar-refractivity contribution in [3.8, 4) is 11.5 Å². The van der Waals surface area contributed by atoms with Gasteiger partial charge in [0.2, 0.25) is 0 Å². The van der Waals surface area contributed by atoms with E-state index in [1.807, 2.05) is 43.3 Å². The summed E-state index contributed by atoms with van der Waals surface area (Å²) in [5.74, 6) is 0.767. The van der Waals surface area contributed by atoms with Gasteiger partial charge in [0, 0.05) is 17.3 Å². The molecule has 0 aliphatic carbocycles. The molecule has 0 bridgehead atoms. The predicted octanol–water partition coefficient (Wildman–Crippen LogP) is 6.02. The van der Waals surface area contributed by atoms with Gasteiger partial charge in [0.05, 0.1) is 17.3 Å². The van der Waals surface area contributed by atoms with Crippen LogP contribution in [0.3, 0.4) is 0 Å². The number of hydrogen-bond donors (Lipinski definition) is 2. The van der Waals surface area contributed by atoms with Crippen LogP contribution in [0.5, 0.6) is 11.5 Å². The number of amides is 1. The van der Waals surface area contributed by atoms with Crippen LogP contribution in [0.25, 0.3) is 0 Å². The fourth-order valence-electron chi connectivity index (χ4n) is 2.74. The summed E-state index contributed by atoms with van der Waals surface area (Å²) < 4.78 is 11.4. The number of hydrogen-bond acceptors (Lipinski definition) is 4. The second-order valence-electron chi connectivity index (χ2n) is 6.39. The van der Waals surface area contributed by atoms with Crippen LogP contribution < -0.4 is 20.1 Å². The Labute approximate surface area is 185 Å². The minimum atomic E-state index is -0.308. The maximum Gasteiger partial charge on any atom is 0.262 e. The van der Waals surface area contributed by atoms with E-state index < -0.39 is 0 Å². The van der Waals surface area contributed by atoms with Gasteiger partial charge in [-0.1, -0.05) is 47.5 Å². The van der Waals surface area contributed by atoms with Gasteiger partial charge in [-0.15, -0.1) is 0 Å². The van der Waals surface area contributed by atoms with Crippen LogP contribution in [0.15, 0.2) is 66.7 Å². The van der Waals surface area contributed by atoms with Crippen molar-refractivity contribution in [2.45, 2.75) is 13.5 Å². The van der Waals surface area contributed by atoms with Crippen molar-refractivity contribution in [1.82, 2.24) is 0 Å². The van der Waals surface area contributed by atoms with Crippen molar-refractivity contribution in [1.29, 1.82) is 0 Å². The Kier molecular flexibility index (Phi) is 7.82. The topological polar surface area (TPSA) is 59.6 Å². The van der Waals surface area contributed by atoms with Gasteiger partial charge < -0.3 is 20.1 Å². The smallest absolute Gasteiger partial charge is 0.262 e. The SMILES string of the molecule is CCOc1cc(CNc2cccc(Cl)c2)ccc1OCC(=O)Nc1ccccc1Cl. The molecule has 0 saturated heterocycles. The maximum atomic E-state index is 12.2. The molecule has 3 aromatic rings. The summed E-state index contributed by atoms with van der Waals surface area (Å²) in [7, 11) is 0. The Bertz CT molecular complexity index is 1010. The third-order valence-electron chi connectivity index (χ3n) is 4.14. The largest absolute Gasteiger partial charge is 0.490 e. The van der Waals surface area contributed by atoms with Gasteiger partial charge in [-0.2, -0.15) is 0 Å². The van der Waals surface area contributed by atoms with Crippen molar-refractivity contribution in [3.05, 3.63) is 82.3 Å². The normalized spacial score (nSPS) is 10.4. The number of carbonyl (C=O) groups is 1. The first-order valence-electron chi connectivity index (χ1n) is 9.47. The zero-order valence-electron chi connectivity index (χ0n) is 16.5. The zero-order chi connectivity index (χ0) is 21.3. The number of rotatable bonds is 9. The molecular weight excluding hydrogens is 423 g/mol. The molecule has 0 aliphatic heterocycles. The summed E-state index contributed by atoms with van der Waals surface area (Å²) in [5, 5.41) is 7.19. The van der Waals surface area contributed by atoms with Crippen molar-refractivity contribution in [2.24, 2.45) is 0 Å². The van der Waals surface area contributed by atoms with Gasteiger partial charge in [-0.05, 0) is 55.0 Å². The third-order valence-corrected chi connectivity index (χ3v) is 4.70. The highest BCUT2D eigenvalue weighted by atomic mass is 35.5. The van der Waals surface area contributed by atoms with Gasteiger partial charge in [0.15, 0.2) is 18.1 Å². The molecule has 0 spiro atoms. The van der Waals surface area contributed by atoms with Crippen LogP contribution in [0, 0.1) is 0 Å². The number of carbonyl (C=O) groups excluding carboxylic acids is 1. The van der Waals surface area contributed by atoms with Crippen molar-refractivity contribution in [2.75, 3.05) is 23.8 Å². The standard InChI is InChI=1S/C23H22Cl2N2O3/c1-2-29-22-12-16(14-26-18-7-5-6-17(24)13-18)10-11-21(22)30-15-23(28)27-20-9-4-3-8-19(20)25/h3-13,26H,2,14-15H2,1H3,(H,27,28). The molecule has 0 unspecified atom stereocenters. The van der Waals surface area contributed by atoms with Crippen molar-refractivity contribution in [3.63, 3.8) is 0 Å². The fraction of sp³-hybridized carbons (Fsp3) is 0.174. The van der Waals surface area contributed by atoms with Gasteiger partial charge in [-0.3, -0.25) is 4.79 Å². The molecule has 0 aliphatic rings. The van der Waals surface area contributed by atoms with Crippen molar-refractivity contribution >= 4 is 40.5 Å². The molecule has 30 heavy (non-hydrogen) atoms. The number of benzene rings is 3. The minimum Gasteiger partial charge on any atom is -0.490 e. The second-order valence-corrected chi connectivity index (χ2v) is 7.24. The first-order chi connectivity index (χ1) is 14.5. The molecular formula is C23H22Cl2N2O3. The first-order valence-corrected chi connectivity index (χ1v) is 10.2. The van der Waals surface area contributed by atoms with Gasteiger partial charge in [0.1, 0.15) is 0 Å². The molecule has 5 nitrogen and oxygen atoms in total. The summed E-state index contributed by atoms with van der Waals surface area (Å²) in [5.41, 5.74) is 2.48. The summed E-state index contributed by atoms with van der Waals surface area (Å²) in [4.78, 5) is 12.2. The monoisotopic (exact) mass is 444 g/mol. The van der Waals surface area contributed by atoms with Crippen LogP contribution in [-0.2, 0) is 11.3 Å². The van der Waals surface area contributed by atoms with Crippen LogP contribution >= 0.6 is 23.2 Å². The lowest BCUT2D eigenvalue weighted by Crippen LogP contribution is -2.20. The highest BCUT2D eigenvalue weighted by Crippen LogP contribution is 2.29. The Morgan fingerprint density at radius 2 is 1.77 bits per heavy atom. The Hall–Kier alpha value is -2.89. The Morgan fingerprint density at radius 3 is 2.53 bits per heavy atom. The average Bonchev–Trinajstić information content (AvgIpc) is 2.73. The predicted molar refractivity (Wildman–Crippen MR) is 122 cm³/mol. The minimum absolute atomic E-state index is 0.161. The second kappa shape index (κ2) is 10.8. The van der Waals surface area contributed by atoms with Crippen LogP contribution in [-0.4, -0.2) is 19.1 Å². The van der Waals surface area contributed by atoms with E-state index in [0.29, 0.717) is 40.4 Å². The molecule has 0 fully saturated rings. The lowest BCUT2D eigenvalue weighted by atomic mass is 10.2. The summed E-state index contributed by atoms with van der Waals surface area (Å²) in [6, 6.07) is 20.2. The summed E-state index contributed by atoms with van der Waals surface area (Å²) in [6.45, 7) is 2.80. The Morgan fingerprint density at radius 1 is 0.933 bits per heavy atom. The quantitative estimate of drug-likeness (QED) is 0.423. The number of anilines is 2. The van der Waals surface area contributed by atoms with Crippen LogP contribution in [0.1, 0.15) is 12.5 Å². The van der Waals surface area contributed by atoms with E-state index >= 15 is 0 Å². The van der Waals surface area contributed by atoms with E-state index in [2.05, 4.69) is 10.6 Å². The highest BCUT2D eigenvalue weighted by Gasteiger charge is 2.11. The summed E-state index contributed by atoms with van der Waals surface area (Å²) in [6.07, 6.45) is 0. The molecule has 0 atom stereocenters. The molecule has 0 aromatic heterocycles. The molecule has 156 valence electrons. The number of halogens is 2. The van der Waals surface area contributed by atoms with Crippen LogP contribution in [0.2, 0.25) is 10.0 Å². The van der Waals surface area contributed by atoms with E-state index in [9.17, 15) is 4.79 Å². The zero-order valence-corrected chi connectivity index (χ0v) is 18.0. The third kappa shape index (κ3) is 6.31. The fourth-order valence-corrected chi connectivity index (χ4v) is 3.12. The lowest BCUT2D eigenvalue weighted by Gasteiger charge is -2.14. The number of ether oxygens (including phenoxy) is 2. The lowest BCUT2D eigenvalue weighted by molar-refractivity contribution is -0.118. The molecule has 0 saturated carbocycles. The molecule has 3 aromatic carbocycles. The first kappa shape index (κ1) is 21.8. The molecule has 2 N–H and O–H groups in total. The number of para-hydroxylation sites is 1. The van der Waals surface area contributed by atoms with Crippen molar-refractivity contribution < 1.29 is 14.3 Å². The summed E-state index contributed by atoms with van der Waals surface area (Å²) >= 11 is 12.1. The molecule has 0 radical (unpaired) electrons. The van der Waals surface area contributed by atoms with Gasteiger partial charge >= 0.3 is 0 Å². The average molecular weight is 445 g/mol. The van der Waals surface area contributed by atoms with E-state index in [1.54, 1.807) is 30.3 Å². The van der Waals surface area contributed by atoms with E-state index in [1.165, 1.54) is 0 Å². The number of nitrogens with one attached hydrogen (secondary N) is 2. The Balaban J connectivity index is 1.61. The van der Waals surface area contributed by atoms with E-state index in [4.69, 9.17) is 32.7 Å². The molecule has 3 rings (SSSR count). The molecule has 1 amide bonds. The maximum absolute atomic E-state index is 12.2. The molecule has 7 heteroatoms. The van der Waals surface area contributed by atoms with Crippen LogP contribution in [0.4, 0.5) is 11.4 Å². The van der Waals surface area contributed by atoms with Gasteiger partial charge in [0.25, 0.3) is 5.91 Å². The van der Waals surface area contributed by atoms with E-state index in [0.717, 1.165) is 11.3 Å².